The molecule has 0 radical (unpaired) electrons. The molecule has 1 unspecified atom stereocenters. The third-order valence-electron chi connectivity index (χ3n) is 3.20. The van der Waals surface area contributed by atoms with Crippen molar-refractivity contribution in [3.63, 3.8) is 0 Å². The Balaban J connectivity index is 1.72. The zero-order chi connectivity index (χ0) is 12.1. The lowest BCUT2D eigenvalue weighted by atomic mass is 10.2. The van der Waals surface area contributed by atoms with E-state index in [4.69, 9.17) is 16.3 Å². The lowest BCUT2D eigenvalue weighted by molar-refractivity contribution is 0.211. The first kappa shape index (κ1) is 12.7. The number of hydrogen-bond acceptors (Lipinski definition) is 2. The van der Waals surface area contributed by atoms with Crippen LogP contribution in [0.1, 0.15) is 32.6 Å². The van der Waals surface area contributed by atoms with E-state index in [-0.39, 0.29) is 6.10 Å². The highest BCUT2D eigenvalue weighted by Crippen LogP contribution is 2.19. The largest absolute Gasteiger partial charge is 0.489 e. The van der Waals surface area contributed by atoms with E-state index in [1.54, 1.807) is 0 Å². The van der Waals surface area contributed by atoms with Crippen molar-refractivity contribution < 1.29 is 4.74 Å². The molecule has 0 heterocycles. The fourth-order valence-electron chi connectivity index (χ4n) is 2.25. The second kappa shape index (κ2) is 6.27. The first-order valence-corrected chi connectivity index (χ1v) is 6.77. The first-order chi connectivity index (χ1) is 8.24. The van der Waals surface area contributed by atoms with Gasteiger partial charge in [-0.1, -0.05) is 24.4 Å². The van der Waals surface area contributed by atoms with Crippen molar-refractivity contribution in [1.82, 2.24) is 5.32 Å². The van der Waals surface area contributed by atoms with E-state index in [0.29, 0.717) is 6.04 Å². The van der Waals surface area contributed by atoms with Gasteiger partial charge in [0.2, 0.25) is 0 Å². The number of benzene rings is 1. The van der Waals surface area contributed by atoms with Crippen LogP contribution in [0, 0.1) is 0 Å². The highest BCUT2D eigenvalue weighted by molar-refractivity contribution is 6.30. The summed E-state index contributed by atoms with van der Waals surface area (Å²) < 4.78 is 5.81. The molecule has 1 aliphatic rings. The molecule has 17 heavy (non-hydrogen) atoms. The van der Waals surface area contributed by atoms with E-state index in [1.807, 2.05) is 24.3 Å². The molecule has 1 fully saturated rings. The fraction of sp³-hybridized carbons (Fsp3) is 0.571. The van der Waals surface area contributed by atoms with E-state index in [2.05, 4.69) is 12.2 Å². The number of rotatable bonds is 5. The highest BCUT2D eigenvalue weighted by atomic mass is 35.5. The Kier molecular flexibility index (Phi) is 4.69. The van der Waals surface area contributed by atoms with Gasteiger partial charge < -0.3 is 10.1 Å². The lowest BCUT2D eigenvalue weighted by Crippen LogP contribution is -2.35. The molecule has 0 spiro atoms. The van der Waals surface area contributed by atoms with Crippen LogP contribution in [-0.2, 0) is 0 Å². The van der Waals surface area contributed by atoms with Crippen molar-refractivity contribution in [3.05, 3.63) is 29.3 Å². The minimum absolute atomic E-state index is 0.191. The molecular weight excluding hydrogens is 234 g/mol. The predicted octanol–water partition coefficient (Wildman–Crippen LogP) is 3.64. The maximum atomic E-state index is 5.83. The first-order valence-electron chi connectivity index (χ1n) is 6.39. The summed E-state index contributed by atoms with van der Waals surface area (Å²) in [6.45, 7) is 3.00. The molecule has 0 aromatic heterocycles. The van der Waals surface area contributed by atoms with Crippen LogP contribution in [0.15, 0.2) is 24.3 Å². The van der Waals surface area contributed by atoms with E-state index >= 15 is 0 Å². The average Bonchev–Trinajstić information content (AvgIpc) is 2.83. The molecule has 3 heteroatoms. The molecule has 1 aromatic carbocycles. The van der Waals surface area contributed by atoms with Crippen molar-refractivity contribution in [2.24, 2.45) is 0 Å². The third-order valence-corrected chi connectivity index (χ3v) is 3.45. The van der Waals surface area contributed by atoms with Crippen LogP contribution >= 0.6 is 11.6 Å². The van der Waals surface area contributed by atoms with E-state index in [1.165, 1.54) is 25.7 Å². The fourth-order valence-corrected chi connectivity index (χ4v) is 2.38. The molecule has 2 nitrogen and oxygen atoms in total. The van der Waals surface area contributed by atoms with E-state index < -0.39 is 0 Å². The van der Waals surface area contributed by atoms with Gasteiger partial charge in [0.05, 0.1) is 0 Å². The molecule has 0 aliphatic heterocycles. The summed E-state index contributed by atoms with van der Waals surface area (Å²) in [4.78, 5) is 0. The van der Waals surface area contributed by atoms with Gasteiger partial charge in [-0.05, 0) is 44.0 Å². The van der Waals surface area contributed by atoms with Crippen molar-refractivity contribution in [3.8, 4) is 5.75 Å². The third kappa shape index (κ3) is 4.21. The van der Waals surface area contributed by atoms with Crippen molar-refractivity contribution in [2.45, 2.75) is 44.8 Å². The second-order valence-electron chi connectivity index (χ2n) is 4.77. The Morgan fingerprint density at radius 1 is 1.29 bits per heavy atom. The van der Waals surface area contributed by atoms with Crippen LogP contribution in [0.25, 0.3) is 0 Å². The average molecular weight is 254 g/mol. The normalized spacial score (nSPS) is 18.2. The van der Waals surface area contributed by atoms with Crippen LogP contribution in [0.4, 0.5) is 0 Å². The van der Waals surface area contributed by atoms with Crippen LogP contribution in [0.2, 0.25) is 5.02 Å². The Bertz CT molecular complexity index is 333. The van der Waals surface area contributed by atoms with Gasteiger partial charge in [0.1, 0.15) is 11.9 Å². The number of hydrogen-bond donors (Lipinski definition) is 1. The molecule has 1 aliphatic carbocycles. The van der Waals surface area contributed by atoms with Gasteiger partial charge in [-0.15, -0.1) is 0 Å². The standard InChI is InChI=1S/C14H20ClNO/c1-11(10-16-13-4-2-3-5-13)17-14-8-6-12(15)7-9-14/h6-9,11,13,16H,2-5,10H2,1H3. The van der Waals surface area contributed by atoms with Crippen molar-refractivity contribution in [2.75, 3.05) is 6.54 Å². The van der Waals surface area contributed by atoms with Crippen LogP contribution < -0.4 is 10.1 Å². The summed E-state index contributed by atoms with van der Waals surface area (Å²) in [7, 11) is 0. The Hall–Kier alpha value is -0.730. The quantitative estimate of drug-likeness (QED) is 0.865. The van der Waals surface area contributed by atoms with Crippen LogP contribution in [-0.4, -0.2) is 18.7 Å². The number of ether oxygens (including phenoxy) is 1. The van der Waals surface area contributed by atoms with E-state index in [0.717, 1.165) is 17.3 Å². The molecule has 0 amide bonds. The van der Waals surface area contributed by atoms with Crippen LogP contribution in [0.3, 0.4) is 0 Å². The lowest BCUT2D eigenvalue weighted by Gasteiger charge is -2.18. The molecule has 1 saturated carbocycles. The topological polar surface area (TPSA) is 21.3 Å². The van der Waals surface area contributed by atoms with Crippen LogP contribution in [0.5, 0.6) is 5.75 Å². The number of halogens is 1. The zero-order valence-corrected chi connectivity index (χ0v) is 11.0. The Labute approximate surface area is 108 Å². The maximum Gasteiger partial charge on any atom is 0.119 e. The smallest absolute Gasteiger partial charge is 0.119 e. The summed E-state index contributed by atoms with van der Waals surface area (Å²) in [6.07, 6.45) is 5.55. The highest BCUT2D eigenvalue weighted by Gasteiger charge is 2.15. The summed E-state index contributed by atoms with van der Waals surface area (Å²) in [5, 5.41) is 4.31. The van der Waals surface area contributed by atoms with E-state index in [9.17, 15) is 0 Å². The molecule has 0 bridgehead atoms. The minimum Gasteiger partial charge on any atom is -0.489 e. The Morgan fingerprint density at radius 2 is 1.94 bits per heavy atom. The summed E-state index contributed by atoms with van der Waals surface area (Å²) in [5.74, 6) is 0.884. The van der Waals surface area contributed by atoms with Gasteiger partial charge in [0.15, 0.2) is 0 Å². The Morgan fingerprint density at radius 3 is 2.59 bits per heavy atom. The molecular formula is C14H20ClNO. The summed E-state index contributed by atoms with van der Waals surface area (Å²) in [6, 6.07) is 8.23. The molecule has 0 saturated heterocycles. The van der Waals surface area contributed by atoms with Gasteiger partial charge in [-0.2, -0.15) is 0 Å². The second-order valence-corrected chi connectivity index (χ2v) is 5.21. The predicted molar refractivity (Wildman–Crippen MR) is 71.8 cm³/mol. The molecule has 94 valence electrons. The SMILES string of the molecule is CC(CNC1CCCC1)Oc1ccc(Cl)cc1. The van der Waals surface area contributed by atoms with Gasteiger partial charge in [-0.25, -0.2) is 0 Å². The molecule has 1 aromatic rings. The molecule has 1 atom stereocenters. The summed E-state index contributed by atoms with van der Waals surface area (Å²) in [5.41, 5.74) is 0. The monoisotopic (exact) mass is 253 g/mol. The molecule has 1 N–H and O–H groups in total. The molecule has 2 rings (SSSR count). The zero-order valence-electron chi connectivity index (χ0n) is 10.3. The van der Waals surface area contributed by atoms with Crippen molar-refractivity contribution in [1.29, 1.82) is 0 Å². The maximum absolute atomic E-state index is 5.83. The van der Waals surface area contributed by atoms with Gasteiger partial charge >= 0.3 is 0 Å². The van der Waals surface area contributed by atoms with Gasteiger partial charge in [-0.3, -0.25) is 0 Å². The summed E-state index contributed by atoms with van der Waals surface area (Å²) >= 11 is 5.83. The van der Waals surface area contributed by atoms with Crippen molar-refractivity contribution >= 4 is 11.6 Å². The number of nitrogens with one attached hydrogen (secondary N) is 1. The van der Waals surface area contributed by atoms with Gasteiger partial charge in [0.25, 0.3) is 0 Å². The minimum atomic E-state index is 0.191. The van der Waals surface area contributed by atoms with Gasteiger partial charge in [0, 0.05) is 17.6 Å².